The topological polar surface area (TPSA) is 117 Å². The molecular formula is C15H24N4O4S2. The highest BCUT2D eigenvalue weighted by atomic mass is 32.2. The van der Waals surface area contributed by atoms with E-state index in [2.05, 4.69) is 20.9 Å². The molecule has 0 aromatic carbocycles. The molecule has 2 heterocycles. The van der Waals surface area contributed by atoms with Crippen molar-refractivity contribution in [1.82, 2.24) is 15.6 Å². The summed E-state index contributed by atoms with van der Waals surface area (Å²) in [4.78, 5) is 28.8. The van der Waals surface area contributed by atoms with E-state index < -0.39 is 28.0 Å². The molecule has 3 N–H and O–H groups in total. The molecule has 3 amide bonds. The number of carbonyl (C=O) groups is 2. The Labute approximate surface area is 151 Å². The van der Waals surface area contributed by atoms with Gasteiger partial charge in [-0.1, -0.05) is 13.8 Å². The first-order chi connectivity index (χ1) is 11.6. The molecule has 2 rings (SSSR count). The lowest BCUT2D eigenvalue weighted by atomic mass is 10.0. The van der Waals surface area contributed by atoms with E-state index in [1.165, 1.54) is 11.3 Å². The Morgan fingerprint density at radius 3 is 2.64 bits per heavy atom. The predicted octanol–water partition coefficient (Wildman–Crippen LogP) is 1.29. The monoisotopic (exact) mass is 388 g/mol. The first-order valence-corrected chi connectivity index (χ1v) is 10.8. The van der Waals surface area contributed by atoms with E-state index in [1.54, 1.807) is 0 Å². The number of sulfone groups is 1. The Morgan fingerprint density at radius 1 is 1.40 bits per heavy atom. The van der Waals surface area contributed by atoms with E-state index in [1.807, 2.05) is 26.2 Å². The maximum atomic E-state index is 12.5. The van der Waals surface area contributed by atoms with Gasteiger partial charge in [0.2, 0.25) is 5.91 Å². The molecule has 1 fully saturated rings. The maximum absolute atomic E-state index is 12.5. The van der Waals surface area contributed by atoms with Gasteiger partial charge in [0.15, 0.2) is 15.0 Å². The van der Waals surface area contributed by atoms with Crippen LogP contribution in [-0.2, 0) is 14.6 Å². The molecule has 1 aliphatic rings. The van der Waals surface area contributed by atoms with E-state index in [-0.39, 0.29) is 23.3 Å². The van der Waals surface area contributed by atoms with E-state index in [4.69, 9.17) is 0 Å². The van der Waals surface area contributed by atoms with Crippen LogP contribution in [0.3, 0.4) is 0 Å². The minimum atomic E-state index is -3.07. The van der Waals surface area contributed by atoms with Crippen molar-refractivity contribution in [2.24, 2.45) is 5.92 Å². The average molecular weight is 389 g/mol. The summed E-state index contributed by atoms with van der Waals surface area (Å²) in [6.45, 7) is 5.74. The summed E-state index contributed by atoms with van der Waals surface area (Å²) >= 11 is 1.32. The van der Waals surface area contributed by atoms with Gasteiger partial charge in [0.05, 0.1) is 17.2 Å². The number of thiazole rings is 1. The molecule has 1 saturated heterocycles. The summed E-state index contributed by atoms with van der Waals surface area (Å²) in [5.74, 6) is -0.116. The minimum absolute atomic E-state index is 0.0557. The Hall–Kier alpha value is -1.68. The molecule has 10 heteroatoms. The van der Waals surface area contributed by atoms with Crippen LogP contribution < -0.4 is 16.0 Å². The van der Waals surface area contributed by atoms with Crippen LogP contribution in [0.15, 0.2) is 5.38 Å². The molecule has 0 radical (unpaired) electrons. The number of carbonyl (C=O) groups excluding carboxylic acids is 2. The lowest BCUT2D eigenvalue weighted by molar-refractivity contribution is -0.118. The second-order valence-corrected chi connectivity index (χ2v) is 9.77. The number of rotatable bonds is 6. The number of amides is 3. The molecule has 0 unspecified atom stereocenters. The second-order valence-electron chi connectivity index (χ2n) is 6.68. The number of anilines is 1. The number of aryl methyl sites for hydroxylation is 1. The molecule has 1 aromatic rings. The van der Waals surface area contributed by atoms with Crippen molar-refractivity contribution in [3.63, 3.8) is 0 Å². The van der Waals surface area contributed by atoms with Gasteiger partial charge in [0.1, 0.15) is 6.04 Å². The first kappa shape index (κ1) is 19.6. The number of nitrogens with zero attached hydrogens (tertiary/aromatic N) is 1. The van der Waals surface area contributed by atoms with Gasteiger partial charge in [0, 0.05) is 11.4 Å². The Bertz CT molecular complexity index is 730. The van der Waals surface area contributed by atoms with E-state index in [9.17, 15) is 18.0 Å². The van der Waals surface area contributed by atoms with Crippen molar-refractivity contribution in [3.05, 3.63) is 11.1 Å². The van der Waals surface area contributed by atoms with Crippen molar-refractivity contribution >= 4 is 38.2 Å². The van der Waals surface area contributed by atoms with Gasteiger partial charge in [-0.3, -0.25) is 4.79 Å². The molecule has 0 aliphatic carbocycles. The standard InChI is InChI=1S/C15H24N4O4S2/c1-9(2)6-12(13(20)19-15-16-10(3)7-24-15)18-14(21)17-11-4-5-25(22,23)8-11/h7,9,11-12H,4-6,8H2,1-3H3,(H,16,19,20)(H2,17,18,21)/t11-,12-/m0/s1. The van der Waals surface area contributed by atoms with Gasteiger partial charge in [-0.25, -0.2) is 18.2 Å². The molecule has 0 bridgehead atoms. The van der Waals surface area contributed by atoms with Crippen molar-refractivity contribution in [2.75, 3.05) is 16.8 Å². The van der Waals surface area contributed by atoms with Crippen LogP contribution >= 0.6 is 11.3 Å². The van der Waals surface area contributed by atoms with Crippen LogP contribution in [0.25, 0.3) is 0 Å². The fraction of sp³-hybridized carbons (Fsp3) is 0.667. The number of nitrogens with one attached hydrogen (secondary N) is 3. The summed E-state index contributed by atoms with van der Waals surface area (Å²) in [7, 11) is -3.07. The lowest BCUT2D eigenvalue weighted by Crippen LogP contribution is -2.51. The first-order valence-electron chi connectivity index (χ1n) is 8.15. The highest BCUT2D eigenvalue weighted by Gasteiger charge is 2.30. The highest BCUT2D eigenvalue weighted by Crippen LogP contribution is 2.16. The van der Waals surface area contributed by atoms with Gasteiger partial charge in [0.25, 0.3) is 0 Å². The number of hydrogen-bond acceptors (Lipinski definition) is 6. The molecule has 0 saturated carbocycles. The van der Waals surface area contributed by atoms with Crippen LogP contribution in [0, 0.1) is 12.8 Å². The molecular weight excluding hydrogens is 364 g/mol. The smallest absolute Gasteiger partial charge is 0.315 e. The van der Waals surface area contributed by atoms with Crippen LogP contribution in [0.1, 0.15) is 32.4 Å². The lowest BCUT2D eigenvalue weighted by Gasteiger charge is -2.21. The molecule has 25 heavy (non-hydrogen) atoms. The Morgan fingerprint density at radius 2 is 2.12 bits per heavy atom. The van der Waals surface area contributed by atoms with Crippen molar-refractivity contribution in [3.8, 4) is 0 Å². The summed E-state index contributed by atoms with van der Waals surface area (Å²) < 4.78 is 22.9. The third-order valence-corrected chi connectivity index (χ3v) is 6.39. The number of hydrogen-bond donors (Lipinski definition) is 3. The largest absolute Gasteiger partial charge is 0.334 e. The van der Waals surface area contributed by atoms with Gasteiger partial charge < -0.3 is 16.0 Å². The van der Waals surface area contributed by atoms with Crippen LogP contribution in [0.2, 0.25) is 0 Å². The summed E-state index contributed by atoms with van der Waals surface area (Å²) in [6, 6.07) is -1.66. The average Bonchev–Trinajstić information content (AvgIpc) is 3.03. The van der Waals surface area contributed by atoms with Crippen LogP contribution in [0.5, 0.6) is 0 Å². The highest BCUT2D eigenvalue weighted by molar-refractivity contribution is 7.91. The Kier molecular flexibility index (Phi) is 6.39. The fourth-order valence-corrected chi connectivity index (χ4v) is 4.97. The van der Waals surface area contributed by atoms with E-state index >= 15 is 0 Å². The zero-order chi connectivity index (χ0) is 18.6. The zero-order valence-corrected chi connectivity index (χ0v) is 16.2. The predicted molar refractivity (Wildman–Crippen MR) is 97.4 cm³/mol. The molecule has 1 aliphatic heterocycles. The van der Waals surface area contributed by atoms with Crippen LogP contribution in [0.4, 0.5) is 9.93 Å². The molecule has 8 nitrogen and oxygen atoms in total. The van der Waals surface area contributed by atoms with E-state index in [0.29, 0.717) is 18.0 Å². The van der Waals surface area contributed by atoms with Crippen molar-refractivity contribution < 1.29 is 18.0 Å². The third kappa shape index (κ3) is 6.28. The number of aromatic nitrogens is 1. The summed E-state index contributed by atoms with van der Waals surface area (Å²) in [5.41, 5.74) is 0.814. The quantitative estimate of drug-likeness (QED) is 0.679. The molecule has 1 aromatic heterocycles. The zero-order valence-electron chi connectivity index (χ0n) is 14.5. The fourth-order valence-electron chi connectivity index (χ4n) is 2.60. The second kappa shape index (κ2) is 8.13. The van der Waals surface area contributed by atoms with Gasteiger partial charge in [-0.15, -0.1) is 11.3 Å². The number of urea groups is 1. The summed E-state index contributed by atoms with van der Waals surface area (Å²) in [6.07, 6.45) is 0.863. The van der Waals surface area contributed by atoms with Gasteiger partial charge in [-0.05, 0) is 25.7 Å². The minimum Gasteiger partial charge on any atom is -0.334 e. The van der Waals surface area contributed by atoms with Gasteiger partial charge >= 0.3 is 6.03 Å². The van der Waals surface area contributed by atoms with E-state index in [0.717, 1.165) is 5.69 Å². The molecule has 2 atom stereocenters. The van der Waals surface area contributed by atoms with Crippen LogP contribution in [-0.4, -0.2) is 48.9 Å². The SMILES string of the molecule is Cc1csc(NC(=O)[C@H](CC(C)C)NC(=O)N[C@H]2CCS(=O)(=O)C2)n1. The molecule has 140 valence electrons. The maximum Gasteiger partial charge on any atom is 0.315 e. The van der Waals surface area contributed by atoms with Crippen molar-refractivity contribution in [2.45, 2.75) is 45.7 Å². The third-order valence-electron chi connectivity index (χ3n) is 3.75. The van der Waals surface area contributed by atoms with Gasteiger partial charge in [-0.2, -0.15) is 0 Å². The Balaban J connectivity index is 1.94. The van der Waals surface area contributed by atoms with Crippen molar-refractivity contribution in [1.29, 1.82) is 0 Å². The molecule has 0 spiro atoms. The summed E-state index contributed by atoms with van der Waals surface area (Å²) in [5, 5.41) is 10.3. The normalized spacial score (nSPS) is 20.2.